The Morgan fingerprint density at radius 2 is 2.04 bits per heavy atom. The third kappa shape index (κ3) is 1.57. The highest BCUT2D eigenvalue weighted by Crippen LogP contribution is 2.51. The molecule has 1 N–H and O–H groups in total. The first-order valence-electron chi connectivity index (χ1n) is 8.56. The van der Waals surface area contributed by atoms with Crippen molar-refractivity contribution in [2.24, 2.45) is 0 Å². The zero-order chi connectivity index (χ0) is 16.6. The van der Waals surface area contributed by atoms with Crippen molar-refractivity contribution < 1.29 is 19.1 Å². The highest BCUT2D eigenvalue weighted by molar-refractivity contribution is 6.13. The van der Waals surface area contributed by atoms with Crippen molar-refractivity contribution in [2.75, 3.05) is 0 Å². The molecule has 2 aromatic rings. The summed E-state index contributed by atoms with van der Waals surface area (Å²) in [4.78, 5) is 25.2. The van der Waals surface area contributed by atoms with E-state index >= 15 is 0 Å². The predicted octanol–water partition coefficient (Wildman–Crippen LogP) is 3.48. The second kappa shape index (κ2) is 4.45. The van der Waals surface area contributed by atoms with Gasteiger partial charge in [-0.3, -0.25) is 9.59 Å². The molecule has 0 amide bonds. The van der Waals surface area contributed by atoms with Gasteiger partial charge in [-0.1, -0.05) is 13.0 Å². The number of fused-ring (bicyclic) bond motifs is 3. The normalized spacial score (nSPS) is 27.5. The fourth-order valence-corrected chi connectivity index (χ4v) is 4.83. The van der Waals surface area contributed by atoms with Gasteiger partial charge < -0.3 is 9.52 Å². The zero-order valence-corrected chi connectivity index (χ0v) is 13.5. The number of aliphatic hydroxyl groups excluding tert-OH is 1. The predicted molar refractivity (Wildman–Crippen MR) is 86.5 cm³/mol. The minimum absolute atomic E-state index is 0.00521. The fourth-order valence-electron chi connectivity index (χ4n) is 4.83. The Morgan fingerprint density at radius 3 is 2.88 bits per heavy atom. The Labute approximate surface area is 139 Å². The number of rotatable bonds is 0. The quantitative estimate of drug-likeness (QED) is 0.806. The van der Waals surface area contributed by atoms with Gasteiger partial charge in [0.15, 0.2) is 11.5 Å². The standard InChI is InChI=1S/C20H18O4/c1-20-6-2-3-10-9-24-19(17(10)20)18(23)13-7-11-12(8-14(13)20)16(22)5-4-15(11)21/h7-9,16,22H,2-6H2,1H3. The summed E-state index contributed by atoms with van der Waals surface area (Å²) in [6, 6.07) is 3.61. The molecule has 0 aliphatic heterocycles. The third-order valence-electron chi connectivity index (χ3n) is 6.08. The molecule has 0 bridgehead atoms. The molecule has 122 valence electrons. The first kappa shape index (κ1) is 14.2. The van der Waals surface area contributed by atoms with Gasteiger partial charge in [0.05, 0.1) is 12.4 Å². The van der Waals surface area contributed by atoms with E-state index in [4.69, 9.17) is 4.42 Å². The molecule has 0 spiro atoms. The van der Waals surface area contributed by atoms with Crippen LogP contribution in [0.5, 0.6) is 0 Å². The number of aryl methyl sites for hydroxylation is 1. The molecular formula is C20H18O4. The van der Waals surface area contributed by atoms with Crippen LogP contribution in [0, 0.1) is 0 Å². The lowest BCUT2D eigenvalue weighted by Crippen LogP contribution is -2.36. The summed E-state index contributed by atoms with van der Waals surface area (Å²) in [5.41, 5.74) is 4.53. The van der Waals surface area contributed by atoms with E-state index in [-0.39, 0.29) is 17.0 Å². The van der Waals surface area contributed by atoms with Crippen molar-refractivity contribution in [2.45, 2.75) is 50.5 Å². The van der Waals surface area contributed by atoms with E-state index in [0.717, 1.165) is 36.0 Å². The van der Waals surface area contributed by atoms with Crippen LogP contribution in [0.4, 0.5) is 0 Å². The van der Waals surface area contributed by atoms with Gasteiger partial charge in [0.2, 0.25) is 5.78 Å². The van der Waals surface area contributed by atoms with Crippen LogP contribution in [0.2, 0.25) is 0 Å². The van der Waals surface area contributed by atoms with Crippen LogP contribution in [0.15, 0.2) is 22.8 Å². The molecule has 2 unspecified atom stereocenters. The lowest BCUT2D eigenvalue weighted by molar-refractivity contribution is 0.0896. The number of aliphatic hydroxyl groups is 1. The van der Waals surface area contributed by atoms with Crippen LogP contribution in [0.25, 0.3) is 0 Å². The molecule has 1 aromatic heterocycles. The number of carbonyl (C=O) groups excluding carboxylic acids is 2. The van der Waals surface area contributed by atoms with E-state index < -0.39 is 6.10 Å². The number of hydrogen-bond donors (Lipinski definition) is 1. The monoisotopic (exact) mass is 322 g/mol. The average Bonchev–Trinajstić information content (AvgIpc) is 3.02. The molecule has 1 heterocycles. The van der Waals surface area contributed by atoms with Gasteiger partial charge in [-0.2, -0.15) is 0 Å². The minimum Gasteiger partial charge on any atom is -0.460 e. The van der Waals surface area contributed by atoms with E-state index in [2.05, 4.69) is 6.92 Å². The van der Waals surface area contributed by atoms with E-state index in [1.165, 1.54) is 0 Å². The SMILES string of the molecule is CC12CCCc3coc(c31)C(=O)c1cc3c(cc12)C(O)CCC3=O. The summed E-state index contributed by atoms with van der Waals surface area (Å²) in [6.45, 7) is 2.15. The Hall–Kier alpha value is -2.20. The highest BCUT2D eigenvalue weighted by Gasteiger charge is 2.46. The summed E-state index contributed by atoms with van der Waals surface area (Å²) < 4.78 is 5.63. The van der Waals surface area contributed by atoms with E-state index in [1.807, 2.05) is 6.07 Å². The fraction of sp³-hybridized carbons (Fsp3) is 0.400. The van der Waals surface area contributed by atoms with E-state index in [9.17, 15) is 14.7 Å². The maximum Gasteiger partial charge on any atom is 0.228 e. The maximum atomic E-state index is 13.0. The largest absolute Gasteiger partial charge is 0.460 e. The van der Waals surface area contributed by atoms with Crippen LogP contribution in [-0.4, -0.2) is 16.7 Å². The summed E-state index contributed by atoms with van der Waals surface area (Å²) in [5, 5.41) is 10.4. The topological polar surface area (TPSA) is 67.5 Å². The maximum absolute atomic E-state index is 13.0. The number of furan rings is 1. The zero-order valence-electron chi connectivity index (χ0n) is 13.5. The third-order valence-corrected chi connectivity index (χ3v) is 6.08. The molecule has 0 saturated carbocycles. The number of ketones is 2. The van der Waals surface area contributed by atoms with E-state index in [0.29, 0.717) is 35.3 Å². The van der Waals surface area contributed by atoms with Gasteiger partial charge in [0.1, 0.15) is 0 Å². The van der Waals surface area contributed by atoms with Gasteiger partial charge in [-0.15, -0.1) is 0 Å². The van der Waals surface area contributed by atoms with Crippen molar-refractivity contribution in [1.82, 2.24) is 0 Å². The molecule has 24 heavy (non-hydrogen) atoms. The van der Waals surface area contributed by atoms with Crippen molar-refractivity contribution in [3.63, 3.8) is 0 Å². The molecular weight excluding hydrogens is 304 g/mol. The van der Waals surface area contributed by atoms with E-state index in [1.54, 1.807) is 12.3 Å². The van der Waals surface area contributed by atoms with Crippen molar-refractivity contribution in [3.05, 3.63) is 57.5 Å². The molecule has 0 saturated heterocycles. The van der Waals surface area contributed by atoms with Crippen molar-refractivity contribution in [1.29, 1.82) is 0 Å². The second-order valence-electron chi connectivity index (χ2n) is 7.44. The lowest BCUT2D eigenvalue weighted by Gasteiger charge is -2.39. The average molecular weight is 322 g/mol. The smallest absolute Gasteiger partial charge is 0.228 e. The summed E-state index contributed by atoms with van der Waals surface area (Å²) in [7, 11) is 0. The number of carbonyl (C=O) groups is 2. The van der Waals surface area contributed by atoms with Gasteiger partial charge in [0, 0.05) is 28.5 Å². The lowest BCUT2D eigenvalue weighted by atomic mass is 9.62. The molecule has 1 aromatic carbocycles. The summed E-state index contributed by atoms with van der Waals surface area (Å²) in [6.07, 6.45) is 4.78. The number of benzene rings is 1. The van der Waals surface area contributed by atoms with Gasteiger partial charge in [-0.05, 0) is 48.4 Å². The summed E-state index contributed by atoms with van der Waals surface area (Å²) >= 11 is 0. The van der Waals surface area contributed by atoms with Crippen LogP contribution < -0.4 is 0 Å². The highest BCUT2D eigenvalue weighted by atomic mass is 16.3. The molecule has 3 aliphatic carbocycles. The summed E-state index contributed by atoms with van der Waals surface area (Å²) in [5.74, 6) is 0.301. The molecule has 4 nitrogen and oxygen atoms in total. The minimum atomic E-state index is -0.629. The molecule has 2 atom stereocenters. The molecule has 0 fully saturated rings. The molecule has 4 heteroatoms. The second-order valence-corrected chi connectivity index (χ2v) is 7.44. The van der Waals surface area contributed by atoms with Crippen molar-refractivity contribution >= 4 is 11.6 Å². The number of Topliss-reactive ketones (excluding diaryl/α,β-unsaturated/α-hetero) is 1. The van der Waals surface area contributed by atoms with Gasteiger partial charge >= 0.3 is 0 Å². The molecule has 0 radical (unpaired) electrons. The Kier molecular flexibility index (Phi) is 2.63. The van der Waals surface area contributed by atoms with Crippen LogP contribution in [-0.2, 0) is 11.8 Å². The van der Waals surface area contributed by atoms with Gasteiger partial charge in [0.25, 0.3) is 0 Å². The Bertz CT molecular complexity index is 920. The van der Waals surface area contributed by atoms with Crippen LogP contribution in [0.1, 0.15) is 87.4 Å². The van der Waals surface area contributed by atoms with Crippen LogP contribution >= 0.6 is 0 Å². The van der Waals surface area contributed by atoms with Crippen LogP contribution in [0.3, 0.4) is 0 Å². The molecule has 5 rings (SSSR count). The Balaban J connectivity index is 1.84. The number of hydrogen-bond acceptors (Lipinski definition) is 4. The Morgan fingerprint density at radius 1 is 1.21 bits per heavy atom. The molecule has 3 aliphatic rings. The van der Waals surface area contributed by atoms with Gasteiger partial charge in [-0.25, -0.2) is 0 Å². The van der Waals surface area contributed by atoms with Crippen molar-refractivity contribution in [3.8, 4) is 0 Å². The first-order valence-corrected chi connectivity index (χ1v) is 8.56. The first-order chi connectivity index (χ1) is 11.5.